The van der Waals surface area contributed by atoms with Crippen LogP contribution in [-0.2, 0) is 15.1 Å². The maximum absolute atomic E-state index is 14.5. The van der Waals surface area contributed by atoms with E-state index < -0.39 is 17.4 Å². The van der Waals surface area contributed by atoms with Gasteiger partial charge in [0, 0.05) is 33.6 Å². The van der Waals surface area contributed by atoms with Gasteiger partial charge in [-0.15, -0.1) is 0 Å². The molecule has 12 nitrogen and oxygen atoms in total. The molecule has 60 heavy (non-hydrogen) atoms. The Balaban J connectivity index is 0.000000180. The van der Waals surface area contributed by atoms with E-state index in [4.69, 9.17) is 4.98 Å². The number of aliphatic imine (C=N–C) groups is 1. The molecule has 6 heterocycles. The monoisotopic (exact) mass is 794 g/mol. The molecule has 0 aliphatic carbocycles. The number of para-hydroxylation sites is 4. The molecule has 2 aromatic heterocycles. The molecule has 0 saturated carbocycles. The van der Waals surface area contributed by atoms with Gasteiger partial charge in [-0.2, -0.15) is 0 Å². The minimum atomic E-state index is -1.16. The van der Waals surface area contributed by atoms with Crippen LogP contribution in [0, 0.1) is 17.8 Å². The number of aromatic hydroxyl groups is 1. The van der Waals surface area contributed by atoms with Crippen molar-refractivity contribution in [2.45, 2.75) is 38.8 Å². The van der Waals surface area contributed by atoms with Gasteiger partial charge in [0.15, 0.2) is 11.7 Å². The lowest BCUT2D eigenvalue weighted by atomic mass is 9.75. The first-order valence-corrected chi connectivity index (χ1v) is 19.9. The van der Waals surface area contributed by atoms with Crippen molar-refractivity contribution in [3.63, 3.8) is 0 Å². The number of fused-ring (bicyclic) bond motifs is 10. The lowest BCUT2D eigenvalue weighted by molar-refractivity contribution is -0.123. The number of imide groups is 1. The number of nitrogens with one attached hydrogen (secondary N) is 2. The maximum atomic E-state index is 14.5. The van der Waals surface area contributed by atoms with E-state index >= 15 is 0 Å². The molecule has 2 unspecified atom stereocenters. The van der Waals surface area contributed by atoms with E-state index in [1.165, 1.54) is 11.8 Å². The second kappa shape index (κ2) is 13.6. The van der Waals surface area contributed by atoms with Crippen LogP contribution in [0.25, 0.3) is 27.5 Å². The first kappa shape index (κ1) is 37.0. The Morgan fingerprint density at radius 3 is 2.25 bits per heavy atom. The molecule has 2 fully saturated rings. The quantitative estimate of drug-likeness (QED) is 0.122. The third-order valence-electron chi connectivity index (χ3n) is 12.1. The SMILES string of the molecule is CC(=O)c1ccc(N2C(=O)[C@H]3C(CC(C)C)NC4(c5ccccc5-n5c4nc4ccccc4c5=O)[C@H]3C2=O)cc1.O=C1C(c2c(O)[nH]c3ccccc23)=Nc2ccccc21. The zero-order chi connectivity index (χ0) is 41.6. The average molecular weight is 795 g/mol. The number of Topliss-reactive ketones (excluding diaryl/α,β-unsaturated/α-hetero) is 2. The van der Waals surface area contributed by atoms with Gasteiger partial charge >= 0.3 is 0 Å². The number of aromatic nitrogens is 3. The summed E-state index contributed by atoms with van der Waals surface area (Å²) in [6, 6.07) is 35.7. The molecule has 12 heteroatoms. The maximum Gasteiger partial charge on any atom is 0.266 e. The largest absolute Gasteiger partial charge is 0.494 e. The van der Waals surface area contributed by atoms with Crippen LogP contribution < -0.4 is 15.8 Å². The fraction of sp³-hybridized carbons (Fsp3) is 0.188. The molecule has 2 saturated heterocycles. The average Bonchev–Trinajstić information content (AvgIpc) is 4.00. The Bertz CT molecular complexity index is 3090. The summed E-state index contributed by atoms with van der Waals surface area (Å²) in [4.78, 5) is 80.3. The van der Waals surface area contributed by atoms with E-state index in [-0.39, 0.29) is 46.8 Å². The molecule has 3 N–H and O–H groups in total. The summed E-state index contributed by atoms with van der Waals surface area (Å²) in [6.07, 6.45) is 0.666. The van der Waals surface area contributed by atoms with Crippen LogP contribution in [-0.4, -0.2) is 54.8 Å². The molecule has 0 radical (unpaired) electrons. The van der Waals surface area contributed by atoms with Crippen molar-refractivity contribution in [3.05, 3.63) is 160 Å². The summed E-state index contributed by atoms with van der Waals surface area (Å²) in [5, 5.41) is 15.1. The number of hydrogen-bond acceptors (Lipinski definition) is 9. The van der Waals surface area contributed by atoms with E-state index in [9.17, 15) is 29.1 Å². The highest BCUT2D eigenvalue weighted by molar-refractivity contribution is 6.56. The van der Waals surface area contributed by atoms with Gasteiger partial charge in [-0.1, -0.05) is 74.5 Å². The van der Waals surface area contributed by atoms with Crippen molar-refractivity contribution in [1.29, 1.82) is 0 Å². The number of aromatic amines is 1. The first-order valence-electron chi connectivity index (χ1n) is 19.9. The molecule has 11 rings (SSSR count). The van der Waals surface area contributed by atoms with Crippen LogP contribution in [0.2, 0.25) is 0 Å². The highest BCUT2D eigenvalue weighted by Crippen LogP contribution is 2.56. The van der Waals surface area contributed by atoms with Crippen molar-refractivity contribution in [2.24, 2.45) is 22.7 Å². The smallest absolute Gasteiger partial charge is 0.266 e. The van der Waals surface area contributed by atoms with E-state index in [1.54, 1.807) is 53.1 Å². The molecule has 0 bridgehead atoms. The van der Waals surface area contributed by atoms with Gasteiger partial charge in [-0.25, -0.2) is 14.9 Å². The number of H-pyrrole nitrogens is 1. The summed E-state index contributed by atoms with van der Waals surface area (Å²) in [7, 11) is 0. The Kier molecular flexibility index (Phi) is 8.41. The van der Waals surface area contributed by atoms with Crippen LogP contribution in [0.1, 0.15) is 64.9 Å². The molecule has 1 spiro atoms. The van der Waals surface area contributed by atoms with Gasteiger partial charge in [0.25, 0.3) is 5.56 Å². The van der Waals surface area contributed by atoms with Gasteiger partial charge in [-0.05, 0) is 79.9 Å². The molecule has 4 aliphatic rings. The lowest BCUT2D eigenvalue weighted by Gasteiger charge is -2.32. The predicted octanol–water partition coefficient (Wildman–Crippen LogP) is 7.16. The summed E-state index contributed by atoms with van der Waals surface area (Å²) >= 11 is 0. The van der Waals surface area contributed by atoms with Crippen LogP contribution in [0.3, 0.4) is 0 Å². The number of rotatable bonds is 5. The fourth-order valence-corrected chi connectivity index (χ4v) is 9.63. The van der Waals surface area contributed by atoms with E-state index in [0.29, 0.717) is 62.6 Å². The predicted molar refractivity (Wildman–Crippen MR) is 227 cm³/mol. The van der Waals surface area contributed by atoms with Crippen molar-refractivity contribution < 1.29 is 24.3 Å². The number of nitrogens with zero attached hydrogens (tertiary/aromatic N) is 4. The molecule has 5 aromatic carbocycles. The van der Waals surface area contributed by atoms with Crippen LogP contribution in [0.15, 0.2) is 131 Å². The van der Waals surface area contributed by atoms with Crippen molar-refractivity contribution in [1.82, 2.24) is 19.9 Å². The van der Waals surface area contributed by atoms with Gasteiger partial charge in [-0.3, -0.25) is 33.9 Å². The van der Waals surface area contributed by atoms with Gasteiger partial charge in [0.2, 0.25) is 17.6 Å². The first-order chi connectivity index (χ1) is 29.0. The molecular formula is C48H38N6O6. The topological polar surface area (TPSA) is 167 Å². The number of amides is 2. The number of carbonyl (C=O) groups is 4. The molecule has 4 aliphatic heterocycles. The number of hydrogen-bond donors (Lipinski definition) is 3. The highest BCUT2D eigenvalue weighted by Gasteiger charge is 2.69. The molecule has 2 amide bonds. The summed E-state index contributed by atoms with van der Waals surface area (Å²) in [6.45, 7) is 5.66. The second-order valence-corrected chi connectivity index (χ2v) is 16.1. The van der Waals surface area contributed by atoms with E-state index in [2.05, 4.69) is 29.1 Å². The summed E-state index contributed by atoms with van der Waals surface area (Å²) in [5.74, 6) is -1.64. The number of ketones is 2. The Hall–Kier alpha value is -7.31. The molecule has 7 aromatic rings. The van der Waals surface area contributed by atoms with Gasteiger partial charge in [0.1, 0.15) is 17.1 Å². The van der Waals surface area contributed by atoms with Crippen LogP contribution >= 0.6 is 0 Å². The third kappa shape index (κ3) is 5.30. The Labute approximate surface area is 343 Å². The van der Waals surface area contributed by atoms with Crippen LogP contribution in [0.5, 0.6) is 5.88 Å². The van der Waals surface area contributed by atoms with Gasteiger partial charge in [0.05, 0.1) is 45.4 Å². The second-order valence-electron chi connectivity index (χ2n) is 16.1. The number of carbonyl (C=O) groups excluding carboxylic acids is 4. The van der Waals surface area contributed by atoms with Crippen molar-refractivity contribution in [2.75, 3.05) is 4.90 Å². The van der Waals surface area contributed by atoms with E-state index in [1.807, 2.05) is 72.8 Å². The van der Waals surface area contributed by atoms with Gasteiger partial charge < -0.3 is 10.1 Å². The van der Waals surface area contributed by atoms with Crippen LogP contribution in [0.4, 0.5) is 11.4 Å². The highest BCUT2D eigenvalue weighted by atomic mass is 16.3. The zero-order valence-corrected chi connectivity index (χ0v) is 32.8. The number of benzene rings is 5. The molecular weight excluding hydrogens is 757 g/mol. The normalized spacial score (nSPS) is 21.0. The Morgan fingerprint density at radius 1 is 0.817 bits per heavy atom. The Morgan fingerprint density at radius 2 is 1.50 bits per heavy atom. The van der Waals surface area contributed by atoms with E-state index in [0.717, 1.165) is 16.5 Å². The van der Waals surface area contributed by atoms with Crippen molar-refractivity contribution >= 4 is 62.3 Å². The number of anilines is 1. The van der Waals surface area contributed by atoms with Crippen molar-refractivity contribution in [3.8, 4) is 11.6 Å². The summed E-state index contributed by atoms with van der Waals surface area (Å²) < 4.78 is 1.61. The minimum absolute atomic E-state index is 0.0221. The standard InChI is InChI=1S/C32H28N4O4.C16H10N2O2/c1-17(2)16-24-26-27(30(40)35(29(26)39)20-14-12-19(13-15-20)18(3)37)32(34-24)22-9-5-7-11-25(22)36-28(38)21-8-4-6-10-23(21)33-31(32)36;19-15-10-6-2-4-8-12(10)17-14(15)13-9-5-1-3-7-11(9)18-16(13)20/h4-15,17,24,26-27,34H,16H2,1-3H3;1-8,18,20H/t24?,26-,27+,32?;/m0./s1. The molecule has 296 valence electrons. The third-order valence-corrected chi connectivity index (χ3v) is 12.1. The fourth-order valence-electron chi connectivity index (χ4n) is 9.63. The zero-order valence-electron chi connectivity index (χ0n) is 32.8. The lowest BCUT2D eigenvalue weighted by Crippen LogP contribution is -2.50. The summed E-state index contributed by atoms with van der Waals surface area (Å²) in [5.41, 5.74) is 4.33. The molecule has 4 atom stereocenters. The minimum Gasteiger partial charge on any atom is -0.494 e.